The first-order valence-corrected chi connectivity index (χ1v) is 5.82. The van der Waals surface area contributed by atoms with Crippen molar-refractivity contribution in [1.82, 2.24) is 5.32 Å². The van der Waals surface area contributed by atoms with E-state index in [9.17, 15) is 9.90 Å². The number of hydrogen-bond donors (Lipinski definition) is 3. The van der Waals surface area contributed by atoms with Gasteiger partial charge < -0.3 is 16.2 Å². The molecule has 1 atom stereocenters. The Morgan fingerprint density at radius 1 is 1.53 bits per heavy atom. The highest BCUT2D eigenvalue weighted by Gasteiger charge is 2.14. The minimum absolute atomic E-state index is 0.0926. The molecule has 17 heavy (non-hydrogen) atoms. The lowest BCUT2D eigenvalue weighted by molar-refractivity contribution is 0.0946. The van der Waals surface area contributed by atoms with Crippen LogP contribution in [0.15, 0.2) is 18.2 Å². The summed E-state index contributed by atoms with van der Waals surface area (Å²) in [5.41, 5.74) is 5.97. The van der Waals surface area contributed by atoms with Crippen LogP contribution < -0.4 is 11.1 Å². The molecule has 0 aliphatic heterocycles. The first-order chi connectivity index (χ1) is 7.91. The maximum absolute atomic E-state index is 11.8. The lowest BCUT2D eigenvalue weighted by Gasteiger charge is -2.16. The van der Waals surface area contributed by atoms with Gasteiger partial charge in [0.15, 0.2) is 0 Å². The average molecular weight is 257 g/mol. The van der Waals surface area contributed by atoms with E-state index in [1.54, 1.807) is 0 Å². The third-order valence-corrected chi connectivity index (χ3v) is 2.79. The predicted molar refractivity (Wildman–Crippen MR) is 68.3 cm³/mol. The maximum atomic E-state index is 11.8. The summed E-state index contributed by atoms with van der Waals surface area (Å²) in [4.78, 5) is 11.8. The first kappa shape index (κ1) is 13.8. The molecule has 1 amide bonds. The Labute approximate surface area is 106 Å². The van der Waals surface area contributed by atoms with E-state index in [-0.39, 0.29) is 29.2 Å². The van der Waals surface area contributed by atoms with Crippen molar-refractivity contribution >= 4 is 17.5 Å². The van der Waals surface area contributed by atoms with E-state index in [0.717, 1.165) is 0 Å². The highest BCUT2D eigenvalue weighted by atomic mass is 35.5. The molecule has 0 saturated carbocycles. The van der Waals surface area contributed by atoms with Gasteiger partial charge >= 0.3 is 0 Å². The summed E-state index contributed by atoms with van der Waals surface area (Å²) >= 11 is 5.76. The van der Waals surface area contributed by atoms with Crippen molar-refractivity contribution in [3.8, 4) is 5.75 Å². The maximum Gasteiger partial charge on any atom is 0.255 e. The van der Waals surface area contributed by atoms with Crippen LogP contribution in [-0.4, -0.2) is 23.6 Å². The second kappa shape index (κ2) is 5.89. The van der Waals surface area contributed by atoms with E-state index < -0.39 is 0 Å². The Morgan fingerprint density at radius 2 is 2.18 bits per heavy atom. The SMILES string of the molecule is CC(C)C(N)CNC(=O)c1cc(Cl)ccc1O. The lowest BCUT2D eigenvalue weighted by Crippen LogP contribution is -2.40. The van der Waals surface area contributed by atoms with Crippen LogP contribution in [0.5, 0.6) is 5.75 Å². The van der Waals surface area contributed by atoms with E-state index in [0.29, 0.717) is 11.6 Å². The topological polar surface area (TPSA) is 75.3 Å². The number of phenolic OH excluding ortho intramolecular Hbond substituents is 1. The van der Waals surface area contributed by atoms with Crippen molar-refractivity contribution in [2.24, 2.45) is 11.7 Å². The van der Waals surface area contributed by atoms with E-state index in [1.807, 2.05) is 13.8 Å². The normalized spacial score (nSPS) is 12.5. The van der Waals surface area contributed by atoms with E-state index in [4.69, 9.17) is 17.3 Å². The van der Waals surface area contributed by atoms with Gasteiger partial charge in [-0.05, 0) is 24.1 Å². The molecule has 4 nitrogen and oxygen atoms in total. The van der Waals surface area contributed by atoms with Gasteiger partial charge in [-0.2, -0.15) is 0 Å². The first-order valence-electron chi connectivity index (χ1n) is 5.44. The van der Waals surface area contributed by atoms with Crippen LogP contribution >= 0.6 is 11.6 Å². The molecule has 0 radical (unpaired) electrons. The van der Waals surface area contributed by atoms with Crippen LogP contribution in [-0.2, 0) is 0 Å². The van der Waals surface area contributed by atoms with Gasteiger partial charge in [-0.3, -0.25) is 4.79 Å². The number of carbonyl (C=O) groups is 1. The zero-order valence-electron chi connectivity index (χ0n) is 9.90. The summed E-state index contributed by atoms with van der Waals surface area (Å²) in [6, 6.07) is 4.22. The van der Waals surface area contributed by atoms with Crippen molar-refractivity contribution in [3.05, 3.63) is 28.8 Å². The van der Waals surface area contributed by atoms with Gasteiger partial charge in [-0.25, -0.2) is 0 Å². The van der Waals surface area contributed by atoms with Crippen molar-refractivity contribution in [2.45, 2.75) is 19.9 Å². The highest BCUT2D eigenvalue weighted by Crippen LogP contribution is 2.21. The van der Waals surface area contributed by atoms with Crippen LogP contribution in [0.3, 0.4) is 0 Å². The number of benzene rings is 1. The van der Waals surface area contributed by atoms with Crippen LogP contribution in [0.25, 0.3) is 0 Å². The molecule has 0 heterocycles. The Morgan fingerprint density at radius 3 is 2.76 bits per heavy atom. The molecule has 5 heteroatoms. The van der Waals surface area contributed by atoms with Crippen LogP contribution in [0, 0.1) is 5.92 Å². The van der Waals surface area contributed by atoms with Gasteiger partial charge in [0.1, 0.15) is 5.75 Å². The molecule has 0 bridgehead atoms. The number of nitrogens with one attached hydrogen (secondary N) is 1. The van der Waals surface area contributed by atoms with Gasteiger partial charge in [-0.1, -0.05) is 25.4 Å². The van der Waals surface area contributed by atoms with Crippen molar-refractivity contribution in [1.29, 1.82) is 0 Å². The molecule has 94 valence electrons. The number of rotatable bonds is 4. The Hall–Kier alpha value is -1.26. The molecule has 1 aromatic rings. The third-order valence-electron chi connectivity index (χ3n) is 2.56. The lowest BCUT2D eigenvalue weighted by atomic mass is 10.1. The minimum atomic E-state index is -0.374. The van der Waals surface area contributed by atoms with Gasteiger partial charge in [0.25, 0.3) is 5.91 Å². The summed E-state index contributed by atoms with van der Waals surface area (Å²) in [5.74, 6) is -0.186. The van der Waals surface area contributed by atoms with Crippen LogP contribution in [0.2, 0.25) is 5.02 Å². The molecular formula is C12H17ClN2O2. The highest BCUT2D eigenvalue weighted by molar-refractivity contribution is 6.31. The van der Waals surface area contributed by atoms with Crippen LogP contribution in [0.1, 0.15) is 24.2 Å². The standard InChI is InChI=1S/C12H17ClN2O2/c1-7(2)10(14)6-15-12(17)9-5-8(13)3-4-11(9)16/h3-5,7,10,16H,6,14H2,1-2H3,(H,15,17). The number of halogens is 1. The predicted octanol–water partition coefficient (Wildman–Crippen LogP) is 1.76. The van der Waals surface area contributed by atoms with Crippen LogP contribution in [0.4, 0.5) is 0 Å². The smallest absolute Gasteiger partial charge is 0.255 e. The van der Waals surface area contributed by atoms with E-state index in [1.165, 1.54) is 18.2 Å². The molecule has 4 N–H and O–H groups in total. The van der Waals surface area contributed by atoms with Gasteiger partial charge in [0, 0.05) is 17.6 Å². The Balaban J connectivity index is 2.67. The number of amides is 1. The summed E-state index contributed by atoms with van der Waals surface area (Å²) in [7, 11) is 0. The molecule has 0 aliphatic rings. The zero-order valence-corrected chi connectivity index (χ0v) is 10.7. The molecule has 0 spiro atoms. The molecule has 0 aliphatic carbocycles. The minimum Gasteiger partial charge on any atom is -0.507 e. The van der Waals surface area contributed by atoms with Crippen molar-refractivity contribution in [3.63, 3.8) is 0 Å². The Bertz CT molecular complexity index is 407. The average Bonchev–Trinajstić information content (AvgIpc) is 2.28. The fraction of sp³-hybridized carbons (Fsp3) is 0.417. The fourth-order valence-corrected chi connectivity index (χ4v) is 1.40. The number of aromatic hydroxyl groups is 1. The zero-order chi connectivity index (χ0) is 13.0. The van der Waals surface area contributed by atoms with Gasteiger partial charge in [0.05, 0.1) is 5.56 Å². The van der Waals surface area contributed by atoms with Crippen molar-refractivity contribution in [2.75, 3.05) is 6.54 Å². The molecule has 0 saturated heterocycles. The van der Waals surface area contributed by atoms with Gasteiger partial charge in [-0.15, -0.1) is 0 Å². The Kier molecular flexibility index (Phi) is 4.78. The summed E-state index contributed by atoms with van der Waals surface area (Å²) in [6.45, 7) is 4.32. The number of nitrogens with two attached hydrogens (primary N) is 1. The third kappa shape index (κ3) is 3.91. The molecular weight excluding hydrogens is 240 g/mol. The number of phenols is 1. The molecule has 1 unspecified atom stereocenters. The fourth-order valence-electron chi connectivity index (χ4n) is 1.23. The monoisotopic (exact) mass is 256 g/mol. The molecule has 0 fully saturated rings. The molecule has 1 aromatic carbocycles. The molecule has 0 aromatic heterocycles. The number of carbonyl (C=O) groups excluding carboxylic acids is 1. The summed E-state index contributed by atoms with van der Waals surface area (Å²) in [5, 5.41) is 12.6. The second-order valence-electron chi connectivity index (χ2n) is 4.28. The summed E-state index contributed by atoms with van der Waals surface area (Å²) < 4.78 is 0. The quantitative estimate of drug-likeness (QED) is 0.768. The second-order valence-corrected chi connectivity index (χ2v) is 4.72. The molecule has 1 rings (SSSR count). The summed E-state index contributed by atoms with van der Waals surface area (Å²) in [6.07, 6.45) is 0. The van der Waals surface area contributed by atoms with E-state index in [2.05, 4.69) is 5.32 Å². The van der Waals surface area contributed by atoms with Gasteiger partial charge in [0.2, 0.25) is 0 Å². The van der Waals surface area contributed by atoms with Crippen molar-refractivity contribution < 1.29 is 9.90 Å². The largest absolute Gasteiger partial charge is 0.507 e. The number of hydrogen-bond acceptors (Lipinski definition) is 3. The van der Waals surface area contributed by atoms with E-state index >= 15 is 0 Å².